The van der Waals surface area contributed by atoms with Gasteiger partial charge in [-0.15, -0.1) is 0 Å². The van der Waals surface area contributed by atoms with Crippen molar-refractivity contribution in [3.05, 3.63) is 29.6 Å². The number of hydrogen-bond donors (Lipinski definition) is 2. The predicted octanol–water partition coefficient (Wildman–Crippen LogP) is 2.26. The highest BCUT2D eigenvalue weighted by atomic mass is 19.1. The molecule has 102 valence electrons. The molecule has 0 fully saturated rings. The zero-order valence-corrected chi connectivity index (χ0v) is 11.2. The molecule has 0 saturated carbocycles. The van der Waals surface area contributed by atoms with Gasteiger partial charge in [-0.2, -0.15) is 0 Å². The lowest BCUT2D eigenvalue weighted by atomic mass is 10.2. The van der Waals surface area contributed by atoms with E-state index in [1.165, 1.54) is 12.1 Å². The zero-order chi connectivity index (χ0) is 13.5. The minimum Gasteiger partial charge on any atom is -0.493 e. The van der Waals surface area contributed by atoms with E-state index in [4.69, 9.17) is 4.74 Å². The minimum absolute atomic E-state index is 0.0331. The smallest absolute Gasteiger partial charge is 0.123 e. The molecule has 0 heterocycles. The Bertz CT molecular complexity index is 369. The van der Waals surface area contributed by atoms with Gasteiger partial charge in [0.05, 0.1) is 13.2 Å². The Hall–Kier alpha value is -1.13. The molecule has 4 heteroatoms. The third kappa shape index (κ3) is 5.02. The lowest BCUT2D eigenvalue weighted by Crippen LogP contribution is -2.38. The highest BCUT2D eigenvalue weighted by Crippen LogP contribution is 2.18. The van der Waals surface area contributed by atoms with Crippen LogP contribution in [0.3, 0.4) is 0 Å². The molecule has 1 unspecified atom stereocenters. The summed E-state index contributed by atoms with van der Waals surface area (Å²) in [6.07, 6.45) is 0.714. The topological polar surface area (TPSA) is 41.5 Å². The van der Waals surface area contributed by atoms with Crippen LogP contribution in [0.15, 0.2) is 18.2 Å². The fourth-order valence-electron chi connectivity index (χ4n) is 1.78. The SMILES string of the molecule is Cc1cc(F)ccc1OCCC(CO)NC(C)C. The van der Waals surface area contributed by atoms with E-state index in [1.54, 1.807) is 6.07 Å². The van der Waals surface area contributed by atoms with Crippen LogP contribution in [0.2, 0.25) is 0 Å². The first-order chi connectivity index (χ1) is 8.52. The Balaban J connectivity index is 2.40. The predicted molar refractivity (Wildman–Crippen MR) is 70.4 cm³/mol. The number of aryl methyl sites for hydroxylation is 1. The summed E-state index contributed by atoms with van der Waals surface area (Å²) < 4.78 is 18.5. The maximum absolute atomic E-state index is 12.9. The van der Waals surface area contributed by atoms with Gasteiger partial charge in [-0.25, -0.2) is 4.39 Å². The molecule has 1 aromatic rings. The van der Waals surface area contributed by atoms with Gasteiger partial charge in [-0.1, -0.05) is 13.8 Å². The van der Waals surface area contributed by atoms with Gasteiger partial charge in [-0.05, 0) is 37.1 Å². The van der Waals surface area contributed by atoms with Crippen LogP contribution in [-0.4, -0.2) is 30.4 Å². The fourth-order valence-corrected chi connectivity index (χ4v) is 1.78. The normalized spacial score (nSPS) is 12.8. The summed E-state index contributed by atoms with van der Waals surface area (Å²) in [5.74, 6) is 0.437. The lowest BCUT2D eigenvalue weighted by Gasteiger charge is -2.19. The second kappa shape index (κ2) is 7.34. The quantitative estimate of drug-likeness (QED) is 0.785. The first kappa shape index (κ1) is 14.9. The Morgan fingerprint density at radius 3 is 2.67 bits per heavy atom. The molecule has 0 amide bonds. The summed E-state index contributed by atoms with van der Waals surface area (Å²) in [5.41, 5.74) is 0.785. The highest BCUT2D eigenvalue weighted by Gasteiger charge is 2.09. The Kier molecular flexibility index (Phi) is 6.09. The Morgan fingerprint density at radius 1 is 1.39 bits per heavy atom. The van der Waals surface area contributed by atoms with E-state index < -0.39 is 0 Å². The standard InChI is InChI=1S/C14H22FNO2/c1-10(2)16-13(9-17)6-7-18-14-5-4-12(15)8-11(14)3/h4-5,8,10,13,16-17H,6-7,9H2,1-3H3. The third-order valence-electron chi connectivity index (χ3n) is 2.65. The first-order valence-electron chi connectivity index (χ1n) is 6.28. The van der Waals surface area contributed by atoms with Crippen molar-refractivity contribution in [1.29, 1.82) is 0 Å². The van der Waals surface area contributed by atoms with Gasteiger partial charge in [0.2, 0.25) is 0 Å². The molecule has 1 aromatic carbocycles. The number of nitrogens with one attached hydrogen (secondary N) is 1. The van der Waals surface area contributed by atoms with E-state index in [0.717, 1.165) is 5.56 Å². The van der Waals surface area contributed by atoms with Gasteiger partial charge in [0.1, 0.15) is 11.6 Å². The molecule has 0 radical (unpaired) electrons. The molecule has 2 N–H and O–H groups in total. The van der Waals surface area contributed by atoms with Crippen LogP contribution in [0.25, 0.3) is 0 Å². The van der Waals surface area contributed by atoms with E-state index >= 15 is 0 Å². The third-order valence-corrected chi connectivity index (χ3v) is 2.65. The van der Waals surface area contributed by atoms with Crippen LogP contribution in [0.1, 0.15) is 25.8 Å². The molecule has 0 bridgehead atoms. The summed E-state index contributed by atoms with van der Waals surface area (Å²) in [6, 6.07) is 4.83. The van der Waals surface area contributed by atoms with Crippen molar-refractivity contribution in [2.75, 3.05) is 13.2 Å². The average Bonchev–Trinajstić information content (AvgIpc) is 2.30. The van der Waals surface area contributed by atoms with E-state index in [1.807, 2.05) is 20.8 Å². The van der Waals surface area contributed by atoms with E-state index in [-0.39, 0.29) is 18.5 Å². The van der Waals surface area contributed by atoms with Crippen molar-refractivity contribution in [1.82, 2.24) is 5.32 Å². The molecular formula is C14H22FNO2. The van der Waals surface area contributed by atoms with Crippen LogP contribution in [0.4, 0.5) is 4.39 Å². The van der Waals surface area contributed by atoms with E-state index in [2.05, 4.69) is 5.32 Å². The van der Waals surface area contributed by atoms with Crippen LogP contribution in [-0.2, 0) is 0 Å². The summed E-state index contributed by atoms with van der Waals surface area (Å²) in [5, 5.41) is 12.4. The van der Waals surface area contributed by atoms with Crippen LogP contribution < -0.4 is 10.1 Å². The number of hydrogen-bond acceptors (Lipinski definition) is 3. The molecule has 0 aliphatic rings. The summed E-state index contributed by atoms with van der Waals surface area (Å²) in [6.45, 7) is 6.47. The molecule has 0 spiro atoms. The summed E-state index contributed by atoms with van der Waals surface area (Å²) in [7, 11) is 0. The van der Waals surface area contributed by atoms with Crippen molar-refractivity contribution >= 4 is 0 Å². The number of aliphatic hydroxyl groups excluding tert-OH is 1. The van der Waals surface area contributed by atoms with Crippen molar-refractivity contribution < 1.29 is 14.2 Å². The zero-order valence-electron chi connectivity index (χ0n) is 11.2. The van der Waals surface area contributed by atoms with Gasteiger partial charge in [0.25, 0.3) is 0 Å². The molecule has 3 nitrogen and oxygen atoms in total. The Morgan fingerprint density at radius 2 is 2.11 bits per heavy atom. The second-order valence-electron chi connectivity index (χ2n) is 4.75. The Labute approximate surface area is 108 Å². The highest BCUT2D eigenvalue weighted by molar-refractivity contribution is 5.32. The van der Waals surface area contributed by atoms with Gasteiger partial charge in [0, 0.05) is 12.1 Å². The molecule has 1 rings (SSSR count). The number of benzene rings is 1. The summed E-state index contributed by atoms with van der Waals surface area (Å²) >= 11 is 0. The van der Waals surface area contributed by atoms with Gasteiger partial charge >= 0.3 is 0 Å². The molecule has 0 aliphatic carbocycles. The number of rotatable bonds is 7. The van der Waals surface area contributed by atoms with Crippen molar-refractivity contribution in [2.45, 2.75) is 39.3 Å². The van der Waals surface area contributed by atoms with Crippen molar-refractivity contribution in [2.24, 2.45) is 0 Å². The number of halogens is 1. The fraction of sp³-hybridized carbons (Fsp3) is 0.571. The monoisotopic (exact) mass is 255 g/mol. The maximum atomic E-state index is 12.9. The van der Waals surface area contributed by atoms with Crippen LogP contribution >= 0.6 is 0 Å². The van der Waals surface area contributed by atoms with Crippen molar-refractivity contribution in [3.8, 4) is 5.75 Å². The van der Waals surface area contributed by atoms with Crippen molar-refractivity contribution in [3.63, 3.8) is 0 Å². The molecular weight excluding hydrogens is 233 g/mol. The van der Waals surface area contributed by atoms with Gasteiger partial charge < -0.3 is 15.2 Å². The maximum Gasteiger partial charge on any atom is 0.123 e. The molecule has 0 aliphatic heterocycles. The summed E-state index contributed by atoms with van der Waals surface area (Å²) in [4.78, 5) is 0. The van der Waals surface area contributed by atoms with Crippen LogP contribution in [0.5, 0.6) is 5.75 Å². The van der Waals surface area contributed by atoms with Gasteiger partial charge in [0.15, 0.2) is 0 Å². The van der Waals surface area contributed by atoms with Gasteiger partial charge in [-0.3, -0.25) is 0 Å². The molecule has 0 aromatic heterocycles. The van der Waals surface area contributed by atoms with Crippen LogP contribution in [0, 0.1) is 12.7 Å². The minimum atomic E-state index is -0.255. The largest absolute Gasteiger partial charge is 0.493 e. The first-order valence-corrected chi connectivity index (χ1v) is 6.28. The number of ether oxygens (including phenoxy) is 1. The van der Waals surface area contributed by atoms with E-state index in [9.17, 15) is 9.50 Å². The molecule has 1 atom stereocenters. The number of aliphatic hydroxyl groups is 1. The average molecular weight is 255 g/mol. The van der Waals surface area contributed by atoms with E-state index in [0.29, 0.717) is 24.8 Å². The lowest BCUT2D eigenvalue weighted by molar-refractivity contribution is 0.202. The second-order valence-corrected chi connectivity index (χ2v) is 4.75. The molecule has 18 heavy (non-hydrogen) atoms. The molecule has 0 saturated heterocycles.